The van der Waals surface area contributed by atoms with Gasteiger partial charge in [-0.15, -0.1) is 0 Å². The van der Waals surface area contributed by atoms with Gasteiger partial charge in [0.2, 0.25) is 5.95 Å². The lowest BCUT2D eigenvalue weighted by atomic mass is 10.00. The van der Waals surface area contributed by atoms with E-state index >= 15 is 0 Å². The maximum absolute atomic E-state index is 10.6. The molecule has 1 aromatic carbocycles. The summed E-state index contributed by atoms with van der Waals surface area (Å²) in [6.45, 7) is 7.36. The summed E-state index contributed by atoms with van der Waals surface area (Å²) in [5.74, 6) is 1.29. The second kappa shape index (κ2) is 7.74. The maximum Gasteiger partial charge on any atom is 0.207 e. The van der Waals surface area contributed by atoms with Crippen LogP contribution in [0.25, 0.3) is 11.2 Å². The Bertz CT molecular complexity index is 1100. The number of anilines is 2. The number of hydrogen-bond acceptors (Lipinski definition) is 8. The summed E-state index contributed by atoms with van der Waals surface area (Å²) < 4.78 is 7.65. The molecule has 0 radical (unpaired) electrons. The van der Waals surface area contributed by atoms with E-state index in [2.05, 4.69) is 44.5 Å². The minimum Gasteiger partial charge on any atom is -0.388 e. The molecule has 1 fully saturated rings. The first kappa shape index (κ1) is 20.2. The molecule has 0 saturated carbocycles. The van der Waals surface area contributed by atoms with Crippen LogP contribution < -0.4 is 10.2 Å². The van der Waals surface area contributed by atoms with Crippen LogP contribution in [0.15, 0.2) is 30.6 Å². The van der Waals surface area contributed by atoms with E-state index in [0.29, 0.717) is 17.1 Å². The third-order valence-corrected chi connectivity index (χ3v) is 6.04. The Balaban J connectivity index is 1.60. The van der Waals surface area contributed by atoms with Crippen LogP contribution in [0.1, 0.15) is 38.1 Å². The first-order valence-corrected chi connectivity index (χ1v) is 10.8. The van der Waals surface area contributed by atoms with Crippen molar-refractivity contribution in [1.29, 1.82) is 0 Å². The summed E-state index contributed by atoms with van der Waals surface area (Å²) in [7, 11) is 0. The van der Waals surface area contributed by atoms with Crippen molar-refractivity contribution in [3.63, 3.8) is 0 Å². The number of rotatable bonds is 4. The van der Waals surface area contributed by atoms with E-state index in [1.807, 2.05) is 13.8 Å². The van der Waals surface area contributed by atoms with Crippen molar-refractivity contribution in [2.75, 3.05) is 16.8 Å². The topological polar surface area (TPSA) is 109 Å². The van der Waals surface area contributed by atoms with Crippen LogP contribution in [0, 0.1) is 0 Å². The summed E-state index contributed by atoms with van der Waals surface area (Å²) in [5, 5.41) is 24.2. The first-order chi connectivity index (χ1) is 14.9. The molecule has 9 nitrogen and oxygen atoms in total. The van der Waals surface area contributed by atoms with Gasteiger partial charge in [0, 0.05) is 19.1 Å². The van der Waals surface area contributed by atoms with Gasteiger partial charge in [0.15, 0.2) is 23.2 Å². The Morgan fingerprint density at radius 1 is 1.13 bits per heavy atom. The predicted molar refractivity (Wildman–Crippen MR) is 117 cm³/mol. The minimum absolute atomic E-state index is 0.106. The number of ether oxygens (including phenoxy) is 1. The van der Waals surface area contributed by atoms with Gasteiger partial charge in [0.05, 0.1) is 6.10 Å². The van der Waals surface area contributed by atoms with E-state index in [4.69, 9.17) is 9.72 Å². The highest BCUT2D eigenvalue weighted by atomic mass is 16.6. The number of hydrogen-bond donors (Lipinski definition) is 3. The Morgan fingerprint density at radius 3 is 2.61 bits per heavy atom. The molecule has 5 rings (SSSR count). The third-order valence-electron chi connectivity index (χ3n) is 6.04. The van der Waals surface area contributed by atoms with Gasteiger partial charge in [0.1, 0.15) is 18.5 Å². The van der Waals surface area contributed by atoms with Gasteiger partial charge in [-0.05, 0) is 38.3 Å². The van der Waals surface area contributed by atoms with Crippen molar-refractivity contribution >= 4 is 22.9 Å². The zero-order chi connectivity index (χ0) is 21.7. The van der Waals surface area contributed by atoms with Crippen LogP contribution in [0.4, 0.5) is 11.8 Å². The van der Waals surface area contributed by atoms with Crippen LogP contribution in [0.5, 0.6) is 0 Å². The molecule has 1 saturated heterocycles. The summed E-state index contributed by atoms with van der Waals surface area (Å²) >= 11 is 0. The van der Waals surface area contributed by atoms with Crippen molar-refractivity contribution in [1.82, 2.24) is 19.5 Å². The fraction of sp³-hybridized carbons (Fsp3) is 0.500. The normalized spacial score (nSPS) is 25.9. The molecular formula is C22H28N6O3. The molecule has 3 N–H and O–H groups in total. The van der Waals surface area contributed by atoms with Crippen LogP contribution in [-0.2, 0) is 17.7 Å². The van der Waals surface area contributed by atoms with Crippen molar-refractivity contribution in [2.24, 2.45) is 0 Å². The highest BCUT2D eigenvalue weighted by molar-refractivity contribution is 5.86. The number of fused-ring (bicyclic) bond motifs is 2. The molecule has 31 heavy (non-hydrogen) atoms. The molecule has 0 aliphatic carbocycles. The van der Waals surface area contributed by atoms with E-state index < -0.39 is 24.5 Å². The van der Waals surface area contributed by atoms with E-state index in [1.54, 1.807) is 11.5 Å². The number of nitrogens with one attached hydrogen (secondary N) is 1. The molecule has 9 heteroatoms. The monoisotopic (exact) mass is 424 g/mol. The lowest BCUT2D eigenvalue weighted by Crippen LogP contribution is -2.31. The molecule has 0 amide bonds. The lowest BCUT2D eigenvalue weighted by molar-refractivity contribution is -0.0287. The molecule has 2 aliphatic rings. The summed E-state index contributed by atoms with van der Waals surface area (Å²) in [4.78, 5) is 16.1. The van der Waals surface area contributed by atoms with E-state index in [0.717, 1.165) is 25.3 Å². The molecule has 3 aromatic rings. The van der Waals surface area contributed by atoms with E-state index in [-0.39, 0.29) is 6.04 Å². The Hall–Kier alpha value is -2.75. The van der Waals surface area contributed by atoms with Crippen LogP contribution in [-0.4, -0.2) is 60.6 Å². The summed E-state index contributed by atoms with van der Waals surface area (Å²) in [6, 6.07) is 8.56. The molecular weight excluding hydrogens is 396 g/mol. The largest absolute Gasteiger partial charge is 0.388 e. The van der Waals surface area contributed by atoms with Gasteiger partial charge in [0.25, 0.3) is 0 Å². The minimum atomic E-state index is -1.08. The lowest BCUT2D eigenvalue weighted by Gasteiger charge is -2.29. The maximum atomic E-state index is 10.6. The molecule has 0 spiro atoms. The van der Waals surface area contributed by atoms with Crippen LogP contribution in [0.3, 0.4) is 0 Å². The molecule has 4 atom stereocenters. The Kier molecular flexibility index (Phi) is 5.04. The highest BCUT2D eigenvalue weighted by Gasteiger charge is 2.43. The second-order valence-electron chi connectivity index (χ2n) is 8.63. The Labute approximate surface area is 180 Å². The van der Waals surface area contributed by atoms with Gasteiger partial charge >= 0.3 is 0 Å². The number of imidazole rings is 1. The molecule has 0 unspecified atom stereocenters. The average Bonchev–Trinajstić information content (AvgIpc) is 3.24. The fourth-order valence-electron chi connectivity index (χ4n) is 4.45. The van der Waals surface area contributed by atoms with Gasteiger partial charge in [-0.2, -0.15) is 0 Å². The van der Waals surface area contributed by atoms with Gasteiger partial charge in [-0.3, -0.25) is 4.57 Å². The fourth-order valence-corrected chi connectivity index (χ4v) is 4.45. The number of aliphatic hydroxyl groups is 2. The van der Waals surface area contributed by atoms with E-state index in [1.165, 1.54) is 17.5 Å². The molecule has 2 aliphatic heterocycles. The van der Waals surface area contributed by atoms with Gasteiger partial charge in [-0.25, -0.2) is 15.0 Å². The van der Waals surface area contributed by atoms with E-state index in [9.17, 15) is 10.2 Å². The molecule has 2 aromatic heterocycles. The second-order valence-corrected chi connectivity index (χ2v) is 8.63. The van der Waals surface area contributed by atoms with Crippen molar-refractivity contribution in [3.05, 3.63) is 41.7 Å². The van der Waals surface area contributed by atoms with Gasteiger partial charge in [-0.1, -0.05) is 24.3 Å². The molecule has 4 heterocycles. The number of aliphatic hydroxyl groups excluding tert-OH is 2. The third kappa shape index (κ3) is 3.42. The predicted octanol–water partition coefficient (Wildman–Crippen LogP) is 1.85. The quantitative estimate of drug-likeness (QED) is 0.582. The van der Waals surface area contributed by atoms with Gasteiger partial charge < -0.3 is 25.2 Å². The number of nitrogens with zero attached hydrogens (tertiary/aromatic N) is 5. The highest BCUT2D eigenvalue weighted by Crippen LogP contribution is 2.37. The smallest absolute Gasteiger partial charge is 0.207 e. The van der Waals surface area contributed by atoms with Crippen molar-refractivity contribution < 1.29 is 14.9 Å². The number of aromatic nitrogens is 4. The summed E-state index contributed by atoms with van der Waals surface area (Å²) in [6.07, 6.45) is -0.885. The summed E-state index contributed by atoms with van der Waals surface area (Å²) in [5.41, 5.74) is 3.86. The average molecular weight is 425 g/mol. The molecule has 164 valence electrons. The Morgan fingerprint density at radius 2 is 1.90 bits per heavy atom. The van der Waals surface area contributed by atoms with Crippen LogP contribution >= 0.6 is 0 Å². The van der Waals surface area contributed by atoms with Crippen LogP contribution in [0.2, 0.25) is 0 Å². The van der Waals surface area contributed by atoms with Crippen molar-refractivity contribution in [2.45, 2.75) is 64.3 Å². The molecule has 0 bridgehead atoms. The number of benzene rings is 1. The zero-order valence-corrected chi connectivity index (χ0v) is 17.9. The van der Waals surface area contributed by atoms with Crippen molar-refractivity contribution in [3.8, 4) is 0 Å². The standard InChI is InChI=1S/C22H28N6O3/c1-12(2)25-22-26-16-19(27-9-8-14-6-4-5-7-15(14)10-27)23-11-24-20(16)28(22)21-18(30)17(29)13(3)31-21/h4-7,11-13,17-18,21,29-30H,8-10H2,1-3H3,(H,25,26)/t13-,17-,18-,21-/m1/s1. The first-order valence-electron chi connectivity index (χ1n) is 10.8. The zero-order valence-electron chi connectivity index (χ0n) is 17.9. The SMILES string of the molecule is CC(C)Nc1nc2c(N3CCc4ccccc4C3)ncnc2n1[C@@H]1O[C@H](C)[C@@H](O)[C@H]1O.